The van der Waals surface area contributed by atoms with Crippen molar-refractivity contribution >= 4 is 23.6 Å². The summed E-state index contributed by atoms with van der Waals surface area (Å²) in [5.74, 6) is -0.610. The third-order valence-electron chi connectivity index (χ3n) is 3.51. The molecular formula is C16H21FN2O2S. The van der Waals surface area contributed by atoms with Gasteiger partial charge in [0.2, 0.25) is 5.91 Å². The molecule has 1 heterocycles. The molecule has 2 amide bonds. The molecule has 4 nitrogen and oxygen atoms in total. The van der Waals surface area contributed by atoms with Crippen LogP contribution in [0.15, 0.2) is 24.3 Å². The SMILES string of the molecule is CCC1SCC(C(=O)NC(C)C)N1C(=O)c1ccccc1F. The Balaban J connectivity index is 2.28. The number of halogens is 1. The Morgan fingerprint density at radius 3 is 2.68 bits per heavy atom. The predicted molar refractivity (Wildman–Crippen MR) is 86.2 cm³/mol. The lowest BCUT2D eigenvalue weighted by Gasteiger charge is -2.29. The molecule has 6 heteroatoms. The number of nitrogens with one attached hydrogen (secondary N) is 1. The summed E-state index contributed by atoms with van der Waals surface area (Å²) in [6.07, 6.45) is 0.719. The zero-order valence-corrected chi connectivity index (χ0v) is 13.8. The number of benzene rings is 1. The van der Waals surface area contributed by atoms with E-state index in [4.69, 9.17) is 0 Å². The Bertz CT molecular complexity index is 565. The molecule has 1 N–H and O–H groups in total. The van der Waals surface area contributed by atoms with Crippen molar-refractivity contribution in [1.29, 1.82) is 0 Å². The number of thioether (sulfide) groups is 1. The van der Waals surface area contributed by atoms with E-state index in [1.54, 1.807) is 23.9 Å². The molecular weight excluding hydrogens is 303 g/mol. The van der Waals surface area contributed by atoms with E-state index in [1.165, 1.54) is 17.0 Å². The average molecular weight is 324 g/mol. The van der Waals surface area contributed by atoms with E-state index >= 15 is 0 Å². The van der Waals surface area contributed by atoms with Crippen molar-refractivity contribution in [1.82, 2.24) is 10.2 Å². The van der Waals surface area contributed by atoms with Crippen molar-refractivity contribution in [2.75, 3.05) is 5.75 Å². The van der Waals surface area contributed by atoms with Gasteiger partial charge in [0.05, 0.1) is 10.9 Å². The van der Waals surface area contributed by atoms with Crippen LogP contribution >= 0.6 is 11.8 Å². The van der Waals surface area contributed by atoms with E-state index in [1.807, 2.05) is 20.8 Å². The monoisotopic (exact) mass is 324 g/mol. The molecule has 1 aliphatic heterocycles. The number of carbonyl (C=O) groups is 2. The molecule has 0 spiro atoms. The van der Waals surface area contributed by atoms with E-state index in [-0.39, 0.29) is 22.9 Å². The van der Waals surface area contributed by atoms with Crippen molar-refractivity contribution in [3.8, 4) is 0 Å². The van der Waals surface area contributed by atoms with E-state index in [0.29, 0.717) is 5.75 Å². The molecule has 1 aromatic carbocycles. The van der Waals surface area contributed by atoms with Gasteiger partial charge in [-0.25, -0.2) is 4.39 Å². The van der Waals surface area contributed by atoms with Crippen LogP contribution in [0.25, 0.3) is 0 Å². The minimum absolute atomic E-state index is 0.00332. The minimum Gasteiger partial charge on any atom is -0.352 e. The normalized spacial score (nSPS) is 21.2. The van der Waals surface area contributed by atoms with Gasteiger partial charge in [0.1, 0.15) is 11.9 Å². The number of amides is 2. The summed E-state index contributed by atoms with van der Waals surface area (Å²) >= 11 is 1.56. The Morgan fingerprint density at radius 2 is 2.09 bits per heavy atom. The number of hydrogen-bond donors (Lipinski definition) is 1. The first-order valence-electron chi connectivity index (χ1n) is 7.44. The molecule has 1 saturated heterocycles. The number of rotatable bonds is 4. The van der Waals surface area contributed by atoms with E-state index in [0.717, 1.165) is 6.42 Å². The van der Waals surface area contributed by atoms with Crippen LogP contribution in [-0.4, -0.2) is 39.9 Å². The van der Waals surface area contributed by atoms with Crippen molar-refractivity contribution in [3.63, 3.8) is 0 Å². The van der Waals surface area contributed by atoms with Crippen LogP contribution in [0, 0.1) is 5.82 Å². The first-order valence-corrected chi connectivity index (χ1v) is 8.49. The highest BCUT2D eigenvalue weighted by atomic mass is 32.2. The molecule has 1 aliphatic rings. The molecule has 1 fully saturated rings. The van der Waals surface area contributed by atoms with Crippen molar-refractivity contribution in [2.24, 2.45) is 0 Å². The lowest BCUT2D eigenvalue weighted by atomic mass is 10.1. The Morgan fingerprint density at radius 1 is 1.41 bits per heavy atom. The molecule has 0 bridgehead atoms. The van der Waals surface area contributed by atoms with Crippen LogP contribution in [-0.2, 0) is 4.79 Å². The fraction of sp³-hybridized carbons (Fsp3) is 0.500. The van der Waals surface area contributed by atoms with Crippen LogP contribution in [0.4, 0.5) is 4.39 Å². The van der Waals surface area contributed by atoms with E-state index in [2.05, 4.69) is 5.32 Å². The molecule has 22 heavy (non-hydrogen) atoms. The average Bonchev–Trinajstić information content (AvgIpc) is 2.90. The van der Waals surface area contributed by atoms with Gasteiger partial charge in [-0.15, -0.1) is 11.8 Å². The first kappa shape index (κ1) is 16.8. The number of nitrogens with zero attached hydrogens (tertiary/aromatic N) is 1. The summed E-state index contributed by atoms with van der Waals surface area (Å²) in [6, 6.07) is 5.35. The zero-order chi connectivity index (χ0) is 16.3. The quantitative estimate of drug-likeness (QED) is 0.926. The number of hydrogen-bond acceptors (Lipinski definition) is 3. The molecule has 0 radical (unpaired) electrons. The predicted octanol–water partition coefficient (Wildman–Crippen LogP) is 2.64. The second-order valence-electron chi connectivity index (χ2n) is 5.57. The summed E-state index contributed by atoms with van der Waals surface area (Å²) in [4.78, 5) is 26.6. The van der Waals surface area contributed by atoms with E-state index in [9.17, 15) is 14.0 Å². The second-order valence-corrected chi connectivity index (χ2v) is 6.78. The second kappa shape index (κ2) is 7.13. The van der Waals surface area contributed by atoms with Gasteiger partial charge >= 0.3 is 0 Å². The molecule has 120 valence electrons. The first-order chi connectivity index (χ1) is 10.5. The molecule has 0 saturated carbocycles. The van der Waals surface area contributed by atoms with Crippen LogP contribution in [0.1, 0.15) is 37.6 Å². The summed E-state index contributed by atoms with van der Waals surface area (Å²) in [5, 5.41) is 2.74. The summed E-state index contributed by atoms with van der Waals surface area (Å²) in [7, 11) is 0. The third-order valence-corrected chi connectivity index (χ3v) is 4.97. The lowest BCUT2D eigenvalue weighted by molar-refractivity contribution is -0.125. The molecule has 1 aromatic rings. The van der Waals surface area contributed by atoms with Gasteiger partial charge in [0, 0.05) is 11.8 Å². The zero-order valence-electron chi connectivity index (χ0n) is 13.0. The highest BCUT2D eigenvalue weighted by Gasteiger charge is 2.41. The summed E-state index contributed by atoms with van der Waals surface area (Å²) < 4.78 is 13.9. The maximum absolute atomic E-state index is 13.9. The lowest BCUT2D eigenvalue weighted by Crippen LogP contribution is -2.51. The van der Waals surface area contributed by atoms with Crippen LogP contribution in [0.3, 0.4) is 0 Å². The fourth-order valence-corrected chi connectivity index (χ4v) is 3.86. The van der Waals surface area contributed by atoms with Gasteiger partial charge in [-0.3, -0.25) is 9.59 Å². The van der Waals surface area contributed by atoms with Crippen molar-refractivity contribution in [3.05, 3.63) is 35.6 Å². The molecule has 2 atom stereocenters. The van der Waals surface area contributed by atoms with Gasteiger partial charge in [-0.2, -0.15) is 0 Å². The Labute approximate surface area is 134 Å². The van der Waals surface area contributed by atoms with Gasteiger partial charge < -0.3 is 10.2 Å². The van der Waals surface area contributed by atoms with E-state index < -0.39 is 17.8 Å². The topological polar surface area (TPSA) is 49.4 Å². The molecule has 0 aliphatic carbocycles. The van der Waals surface area contributed by atoms with Gasteiger partial charge in [0.25, 0.3) is 5.91 Å². The smallest absolute Gasteiger partial charge is 0.258 e. The summed E-state index contributed by atoms with van der Waals surface area (Å²) in [5.41, 5.74) is 0.0193. The van der Waals surface area contributed by atoms with Gasteiger partial charge in [-0.05, 0) is 32.4 Å². The van der Waals surface area contributed by atoms with Crippen LogP contribution in [0.2, 0.25) is 0 Å². The maximum atomic E-state index is 13.9. The Kier molecular flexibility index (Phi) is 5.45. The Hall–Kier alpha value is -1.56. The van der Waals surface area contributed by atoms with Crippen LogP contribution in [0.5, 0.6) is 0 Å². The van der Waals surface area contributed by atoms with Crippen LogP contribution < -0.4 is 5.32 Å². The number of carbonyl (C=O) groups excluding carboxylic acids is 2. The maximum Gasteiger partial charge on any atom is 0.258 e. The molecule has 0 aromatic heterocycles. The fourth-order valence-electron chi connectivity index (χ4n) is 2.51. The van der Waals surface area contributed by atoms with Crippen molar-refractivity contribution < 1.29 is 14.0 Å². The van der Waals surface area contributed by atoms with Gasteiger partial charge in [0.15, 0.2) is 0 Å². The molecule has 2 unspecified atom stereocenters. The highest BCUT2D eigenvalue weighted by Crippen LogP contribution is 2.33. The van der Waals surface area contributed by atoms with Gasteiger partial charge in [-0.1, -0.05) is 19.1 Å². The summed E-state index contributed by atoms with van der Waals surface area (Å²) in [6.45, 7) is 5.71. The third kappa shape index (κ3) is 3.43. The minimum atomic E-state index is -0.553. The standard InChI is InChI=1S/C16H21FN2O2S/c1-4-14-19(13(9-22-14)15(20)18-10(2)3)16(21)11-7-5-6-8-12(11)17/h5-8,10,13-14H,4,9H2,1-3H3,(H,18,20). The largest absolute Gasteiger partial charge is 0.352 e. The molecule has 2 rings (SSSR count). The highest BCUT2D eigenvalue weighted by molar-refractivity contribution is 8.00. The van der Waals surface area contributed by atoms with Crippen molar-refractivity contribution in [2.45, 2.75) is 44.6 Å².